The van der Waals surface area contributed by atoms with E-state index in [2.05, 4.69) is 22.1 Å². The second-order valence-corrected chi connectivity index (χ2v) is 4.45. The van der Waals surface area contributed by atoms with Crippen molar-refractivity contribution >= 4 is 11.7 Å². The van der Waals surface area contributed by atoms with E-state index in [1.807, 2.05) is 25.1 Å². The molecule has 0 saturated carbocycles. The van der Waals surface area contributed by atoms with Gasteiger partial charge >= 0.3 is 0 Å². The number of aromatic nitrogens is 1. The van der Waals surface area contributed by atoms with Gasteiger partial charge in [0.25, 0.3) is 5.91 Å². The third kappa shape index (κ3) is 4.16. The number of benzene rings is 1. The highest BCUT2D eigenvalue weighted by Crippen LogP contribution is 2.11. The average molecular weight is 280 g/mol. The van der Waals surface area contributed by atoms with Crippen molar-refractivity contribution in [2.24, 2.45) is 0 Å². The van der Waals surface area contributed by atoms with Gasteiger partial charge in [0.1, 0.15) is 11.5 Å². The largest absolute Gasteiger partial charge is 0.395 e. The lowest BCUT2D eigenvalue weighted by molar-refractivity contribution is 0.102. The van der Waals surface area contributed by atoms with E-state index in [4.69, 9.17) is 5.11 Å². The number of hydrogen-bond acceptors (Lipinski definition) is 3. The Bertz CT molecular complexity index is 699. The Morgan fingerprint density at radius 3 is 2.81 bits per heavy atom. The van der Waals surface area contributed by atoms with Crippen molar-refractivity contribution in [3.63, 3.8) is 0 Å². The Hall–Kier alpha value is -2.64. The van der Waals surface area contributed by atoms with Crippen LogP contribution in [0.2, 0.25) is 0 Å². The molecule has 0 aliphatic heterocycles. The van der Waals surface area contributed by atoms with Gasteiger partial charge in [-0.2, -0.15) is 0 Å². The number of pyridine rings is 1. The summed E-state index contributed by atoms with van der Waals surface area (Å²) in [6.45, 7) is 1.91. The maximum absolute atomic E-state index is 12.2. The summed E-state index contributed by atoms with van der Waals surface area (Å²) < 4.78 is 0. The van der Waals surface area contributed by atoms with Crippen LogP contribution in [0.3, 0.4) is 0 Å². The first-order valence-corrected chi connectivity index (χ1v) is 6.64. The summed E-state index contributed by atoms with van der Waals surface area (Å²) in [5, 5.41) is 11.5. The number of amides is 1. The molecule has 0 radical (unpaired) electrons. The molecule has 0 saturated heterocycles. The molecule has 21 heavy (non-hydrogen) atoms. The number of aryl methyl sites for hydroxylation is 1. The Morgan fingerprint density at radius 2 is 2.05 bits per heavy atom. The molecule has 2 aromatic rings. The molecule has 1 heterocycles. The fourth-order valence-corrected chi connectivity index (χ4v) is 1.79. The maximum Gasteiger partial charge on any atom is 0.257 e. The number of nitrogens with zero attached hydrogens (tertiary/aromatic N) is 1. The van der Waals surface area contributed by atoms with Crippen LogP contribution in [0.4, 0.5) is 5.82 Å². The van der Waals surface area contributed by atoms with Gasteiger partial charge in [-0.05, 0) is 36.6 Å². The standard InChI is InChI=1S/C17H16N2O2/c1-13-7-2-3-10-15(13)17(21)19-16-11-6-9-14(18-16)8-4-5-12-20/h2-3,6-7,9-11,20H,5,12H2,1H3,(H,18,19,21). The van der Waals surface area contributed by atoms with Gasteiger partial charge in [-0.15, -0.1) is 0 Å². The normalized spacial score (nSPS) is 9.62. The summed E-state index contributed by atoms with van der Waals surface area (Å²) in [5.41, 5.74) is 2.09. The molecule has 1 aromatic carbocycles. The Balaban J connectivity index is 2.14. The van der Waals surface area contributed by atoms with Crippen LogP contribution < -0.4 is 5.32 Å². The van der Waals surface area contributed by atoms with Gasteiger partial charge < -0.3 is 10.4 Å². The van der Waals surface area contributed by atoms with Gasteiger partial charge in [0.2, 0.25) is 0 Å². The molecule has 1 amide bonds. The minimum atomic E-state index is -0.193. The number of anilines is 1. The van der Waals surface area contributed by atoms with Crippen molar-refractivity contribution in [3.8, 4) is 11.8 Å². The van der Waals surface area contributed by atoms with Crippen LogP contribution in [-0.2, 0) is 0 Å². The molecule has 1 aromatic heterocycles. The first kappa shape index (κ1) is 14.8. The SMILES string of the molecule is Cc1ccccc1C(=O)Nc1cccc(C#CCCO)n1. The topological polar surface area (TPSA) is 62.2 Å². The zero-order valence-corrected chi connectivity index (χ0v) is 11.8. The zero-order chi connectivity index (χ0) is 15.1. The molecule has 2 rings (SSSR count). The highest BCUT2D eigenvalue weighted by atomic mass is 16.2. The molecule has 0 spiro atoms. The fraction of sp³-hybridized carbons (Fsp3) is 0.176. The van der Waals surface area contributed by atoms with Crippen LogP contribution in [0.15, 0.2) is 42.5 Å². The van der Waals surface area contributed by atoms with Gasteiger partial charge in [0.15, 0.2) is 0 Å². The molecule has 0 aliphatic rings. The quantitative estimate of drug-likeness (QED) is 0.849. The van der Waals surface area contributed by atoms with E-state index in [1.54, 1.807) is 24.3 Å². The summed E-state index contributed by atoms with van der Waals surface area (Å²) in [7, 11) is 0. The first-order chi connectivity index (χ1) is 10.2. The molecule has 0 atom stereocenters. The van der Waals surface area contributed by atoms with E-state index >= 15 is 0 Å². The Morgan fingerprint density at radius 1 is 1.24 bits per heavy atom. The molecular formula is C17H16N2O2. The van der Waals surface area contributed by atoms with Crippen LogP contribution in [0.5, 0.6) is 0 Å². The van der Waals surface area contributed by atoms with Crippen LogP contribution >= 0.6 is 0 Å². The van der Waals surface area contributed by atoms with Crippen molar-refractivity contribution in [2.75, 3.05) is 11.9 Å². The molecule has 0 aliphatic carbocycles. The highest BCUT2D eigenvalue weighted by Gasteiger charge is 2.08. The van der Waals surface area contributed by atoms with Crippen LogP contribution in [0, 0.1) is 18.8 Å². The second-order valence-electron chi connectivity index (χ2n) is 4.45. The minimum absolute atomic E-state index is 0.0245. The molecule has 2 N–H and O–H groups in total. The summed E-state index contributed by atoms with van der Waals surface area (Å²) >= 11 is 0. The van der Waals surface area contributed by atoms with Gasteiger partial charge in [-0.3, -0.25) is 4.79 Å². The van der Waals surface area contributed by atoms with E-state index in [0.717, 1.165) is 5.56 Å². The van der Waals surface area contributed by atoms with Gasteiger partial charge in [-0.1, -0.05) is 30.2 Å². The number of rotatable bonds is 3. The molecule has 4 nitrogen and oxygen atoms in total. The van der Waals surface area contributed by atoms with E-state index in [9.17, 15) is 4.79 Å². The molecular weight excluding hydrogens is 264 g/mol. The lowest BCUT2D eigenvalue weighted by atomic mass is 10.1. The molecule has 0 fully saturated rings. The predicted octanol–water partition coefficient (Wildman–Crippen LogP) is 2.38. The number of aliphatic hydroxyl groups is 1. The molecule has 106 valence electrons. The van der Waals surface area contributed by atoms with Gasteiger partial charge in [0.05, 0.1) is 6.61 Å². The smallest absolute Gasteiger partial charge is 0.257 e. The zero-order valence-electron chi connectivity index (χ0n) is 11.8. The summed E-state index contributed by atoms with van der Waals surface area (Å²) in [6.07, 6.45) is 0.404. The van der Waals surface area contributed by atoms with Gasteiger partial charge in [0, 0.05) is 12.0 Å². The molecule has 0 unspecified atom stereocenters. The summed E-state index contributed by atoms with van der Waals surface area (Å²) in [6, 6.07) is 12.6. The third-order valence-electron chi connectivity index (χ3n) is 2.83. The highest BCUT2D eigenvalue weighted by molar-refractivity contribution is 6.04. The van der Waals surface area contributed by atoms with Crippen molar-refractivity contribution < 1.29 is 9.90 Å². The Kier molecular flexibility index (Phi) is 5.08. The number of aliphatic hydroxyl groups excluding tert-OH is 1. The van der Waals surface area contributed by atoms with E-state index < -0.39 is 0 Å². The Labute approximate surface area is 123 Å². The maximum atomic E-state index is 12.2. The number of hydrogen-bond donors (Lipinski definition) is 2. The van der Waals surface area contributed by atoms with E-state index in [0.29, 0.717) is 23.5 Å². The monoisotopic (exact) mass is 280 g/mol. The van der Waals surface area contributed by atoms with E-state index in [1.165, 1.54) is 0 Å². The van der Waals surface area contributed by atoms with Crippen molar-refractivity contribution in [1.29, 1.82) is 0 Å². The van der Waals surface area contributed by atoms with Crippen LogP contribution in [0.1, 0.15) is 28.0 Å². The van der Waals surface area contributed by atoms with Gasteiger partial charge in [-0.25, -0.2) is 4.98 Å². The van der Waals surface area contributed by atoms with Crippen molar-refractivity contribution in [1.82, 2.24) is 4.98 Å². The van der Waals surface area contributed by atoms with Crippen molar-refractivity contribution in [2.45, 2.75) is 13.3 Å². The van der Waals surface area contributed by atoms with Crippen LogP contribution in [0.25, 0.3) is 0 Å². The number of carbonyl (C=O) groups excluding carboxylic acids is 1. The van der Waals surface area contributed by atoms with E-state index in [-0.39, 0.29) is 12.5 Å². The lowest BCUT2D eigenvalue weighted by Crippen LogP contribution is -2.14. The first-order valence-electron chi connectivity index (χ1n) is 6.64. The predicted molar refractivity (Wildman–Crippen MR) is 82.0 cm³/mol. The average Bonchev–Trinajstić information content (AvgIpc) is 2.48. The minimum Gasteiger partial charge on any atom is -0.395 e. The summed E-state index contributed by atoms with van der Waals surface area (Å²) in [5.74, 6) is 5.90. The molecule has 4 heteroatoms. The second kappa shape index (κ2) is 7.22. The fourth-order valence-electron chi connectivity index (χ4n) is 1.79. The number of carbonyl (C=O) groups is 1. The lowest BCUT2D eigenvalue weighted by Gasteiger charge is -2.06. The van der Waals surface area contributed by atoms with Crippen molar-refractivity contribution in [3.05, 3.63) is 59.3 Å². The van der Waals surface area contributed by atoms with Crippen LogP contribution in [-0.4, -0.2) is 22.6 Å². The summed E-state index contributed by atoms with van der Waals surface area (Å²) in [4.78, 5) is 16.4. The third-order valence-corrected chi connectivity index (χ3v) is 2.83. The molecule has 0 bridgehead atoms. The number of nitrogens with one attached hydrogen (secondary N) is 1.